The van der Waals surface area contributed by atoms with Crippen molar-refractivity contribution in [3.8, 4) is 12.3 Å². The van der Waals surface area contributed by atoms with Crippen molar-refractivity contribution in [1.82, 2.24) is 0 Å². The van der Waals surface area contributed by atoms with E-state index in [0.717, 1.165) is 0 Å². The summed E-state index contributed by atoms with van der Waals surface area (Å²) in [5.74, 6) is 2.21. The second-order valence-corrected chi connectivity index (χ2v) is 2.38. The first-order chi connectivity index (χ1) is 6.27. The first-order valence-electron chi connectivity index (χ1n) is 3.77. The molecule has 64 valence electrons. The molecule has 13 heavy (non-hydrogen) atoms. The van der Waals surface area contributed by atoms with E-state index >= 15 is 0 Å². The molecule has 0 atom stereocenters. The fourth-order valence-corrected chi connectivity index (χ4v) is 0.902. The van der Waals surface area contributed by atoms with Gasteiger partial charge in [0.05, 0.1) is 5.69 Å². The van der Waals surface area contributed by atoms with E-state index in [1.807, 2.05) is 6.07 Å². The molecule has 1 rings (SSSR count). The Labute approximate surface area is 77.3 Å². The minimum Gasteiger partial charge on any atom is -0.321 e. The van der Waals surface area contributed by atoms with Gasteiger partial charge in [-0.25, -0.2) is 0 Å². The topological polar surface area (TPSA) is 29.1 Å². The molecule has 2 heteroatoms. The standard InChI is InChI=1S/C11H9NO/c1-3-9-7-5-6-8-10(9)12-11(13)4-2/h1,4-8H,2H2,(H,12,13). The first-order valence-corrected chi connectivity index (χ1v) is 3.77. The molecule has 0 aliphatic heterocycles. The van der Waals surface area contributed by atoms with Gasteiger partial charge >= 0.3 is 0 Å². The Morgan fingerprint density at radius 2 is 2.23 bits per heavy atom. The summed E-state index contributed by atoms with van der Waals surface area (Å²) in [5, 5.41) is 2.61. The zero-order valence-electron chi connectivity index (χ0n) is 7.08. The van der Waals surface area contributed by atoms with E-state index < -0.39 is 0 Å². The molecule has 0 radical (unpaired) electrons. The Morgan fingerprint density at radius 3 is 2.85 bits per heavy atom. The number of hydrogen-bond acceptors (Lipinski definition) is 1. The monoisotopic (exact) mass is 171 g/mol. The molecule has 0 aliphatic carbocycles. The Bertz CT molecular complexity index is 374. The van der Waals surface area contributed by atoms with Gasteiger partial charge in [-0.1, -0.05) is 24.6 Å². The van der Waals surface area contributed by atoms with E-state index in [2.05, 4.69) is 17.8 Å². The number of para-hydroxylation sites is 1. The maximum absolute atomic E-state index is 11.0. The minimum absolute atomic E-state index is 0.261. The molecular weight excluding hydrogens is 162 g/mol. The average Bonchev–Trinajstić information content (AvgIpc) is 2.18. The number of terminal acetylenes is 1. The van der Waals surface area contributed by atoms with Gasteiger partial charge in [0.15, 0.2) is 0 Å². The molecule has 2 nitrogen and oxygen atoms in total. The van der Waals surface area contributed by atoms with Gasteiger partial charge in [-0.2, -0.15) is 0 Å². The third-order valence-corrected chi connectivity index (χ3v) is 1.53. The van der Waals surface area contributed by atoms with Gasteiger partial charge < -0.3 is 5.32 Å². The lowest BCUT2D eigenvalue weighted by Crippen LogP contribution is -2.08. The molecular formula is C11H9NO. The summed E-state index contributed by atoms with van der Waals surface area (Å²) in [4.78, 5) is 11.0. The van der Waals surface area contributed by atoms with Gasteiger partial charge in [-0.3, -0.25) is 4.79 Å². The van der Waals surface area contributed by atoms with Crippen LogP contribution in [-0.2, 0) is 4.79 Å². The van der Waals surface area contributed by atoms with Crippen molar-refractivity contribution in [1.29, 1.82) is 0 Å². The van der Waals surface area contributed by atoms with Crippen LogP contribution in [0.5, 0.6) is 0 Å². The predicted octanol–water partition coefficient (Wildman–Crippen LogP) is 1.79. The summed E-state index contributed by atoms with van der Waals surface area (Å²) in [6, 6.07) is 7.13. The fraction of sp³-hybridized carbons (Fsp3) is 0. The zero-order chi connectivity index (χ0) is 9.68. The van der Waals surface area contributed by atoms with Gasteiger partial charge in [0, 0.05) is 5.56 Å². The van der Waals surface area contributed by atoms with Crippen LogP contribution in [0.4, 0.5) is 5.69 Å². The molecule has 0 bridgehead atoms. The number of hydrogen-bond donors (Lipinski definition) is 1. The van der Waals surface area contributed by atoms with Gasteiger partial charge in [-0.15, -0.1) is 6.42 Å². The van der Waals surface area contributed by atoms with E-state index in [1.165, 1.54) is 6.08 Å². The highest BCUT2D eigenvalue weighted by molar-refractivity contribution is 5.99. The molecule has 0 spiro atoms. The lowest BCUT2D eigenvalue weighted by atomic mass is 10.2. The summed E-state index contributed by atoms with van der Waals surface area (Å²) in [5.41, 5.74) is 1.30. The van der Waals surface area contributed by atoms with Gasteiger partial charge in [0.25, 0.3) is 0 Å². The summed E-state index contributed by atoms with van der Waals surface area (Å²) < 4.78 is 0. The summed E-state index contributed by atoms with van der Waals surface area (Å²) in [6.07, 6.45) is 6.44. The Morgan fingerprint density at radius 1 is 1.54 bits per heavy atom. The van der Waals surface area contributed by atoms with Gasteiger partial charge in [0.1, 0.15) is 0 Å². The molecule has 0 aromatic heterocycles. The van der Waals surface area contributed by atoms with Crippen LogP contribution in [-0.4, -0.2) is 5.91 Å². The minimum atomic E-state index is -0.261. The third-order valence-electron chi connectivity index (χ3n) is 1.53. The van der Waals surface area contributed by atoms with Crippen LogP contribution in [0.1, 0.15) is 5.56 Å². The molecule has 1 aromatic carbocycles. The van der Waals surface area contributed by atoms with Crippen molar-refractivity contribution in [2.75, 3.05) is 5.32 Å². The van der Waals surface area contributed by atoms with Crippen LogP contribution in [0.3, 0.4) is 0 Å². The molecule has 0 saturated heterocycles. The Balaban J connectivity index is 2.95. The highest BCUT2D eigenvalue weighted by atomic mass is 16.1. The molecule has 0 unspecified atom stereocenters. The van der Waals surface area contributed by atoms with Crippen molar-refractivity contribution < 1.29 is 4.79 Å². The molecule has 0 fully saturated rings. The highest BCUT2D eigenvalue weighted by Crippen LogP contribution is 2.12. The summed E-state index contributed by atoms with van der Waals surface area (Å²) in [6.45, 7) is 3.35. The van der Waals surface area contributed by atoms with Crippen LogP contribution in [0, 0.1) is 12.3 Å². The van der Waals surface area contributed by atoms with E-state index in [0.29, 0.717) is 11.3 Å². The quantitative estimate of drug-likeness (QED) is 0.533. The molecule has 0 heterocycles. The predicted molar refractivity (Wildman–Crippen MR) is 53.2 cm³/mol. The third kappa shape index (κ3) is 2.21. The molecule has 1 amide bonds. The highest BCUT2D eigenvalue weighted by Gasteiger charge is 2.00. The van der Waals surface area contributed by atoms with Crippen molar-refractivity contribution in [2.45, 2.75) is 0 Å². The SMILES string of the molecule is C#Cc1ccccc1NC(=O)C=C. The van der Waals surface area contributed by atoms with Crippen molar-refractivity contribution in [2.24, 2.45) is 0 Å². The number of carbonyl (C=O) groups excluding carboxylic acids is 1. The maximum atomic E-state index is 11.0. The zero-order valence-corrected chi connectivity index (χ0v) is 7.08. The number of benzene rings is 1. The Kier molecular flexibility index (Phi) is 2.88. The van der Waals surface area contributed by atoms with E-state index in [-0.39, 0.29) is 5.91 Å². The summed E-state index contributed by atoms with van der Waals surface area (Å²) >= 11 is 0. The lowest BCUT2D eigenvalue weighted by Gasteiger charge is -2.03. The second kappa shape index (κ2) is 4.13. The van der Waals surface area contributed by atoms with E-state index in [4.69, 9.17) is 6.42 Å². The van der Waals surface area contributed by atoms with Crippen molar-refractivity contribution in [3.05, 3.63) is 42.5 Å². The van der Waals surface area contributed by atoms with Gasteiger partial charge in [-0.05, 0) is 18.2 Å². The number of carbonyl (C=O) groups is 1. The number of rotatable bonds is 2. The normalized spacial score (nSPS) is 8.54. The van der Waals surface area contributed by atoms with E-state index in [9.17, 15) is 4.79 Å². The second-order valence-electron chi connectivity index (χ2n) is 2.38. The van der Waals surface area contributed by atoms with Crippen LogP contribution in [0.15, 0.2) is 36.9 Å². The Hall–Kier alpha value is -2.01. The number of amides is 1. The van der Waals surface area contributed by atoms with Crippen LogP contribution >= 0.6 is 0 Å². The number of anilines is 1. The fourth-order valence-electron chi connectivity index (χ4n) is 0.902. The van der Waals surface area contributed by atoms with Crippen molar-refractivity contribution >= 4 is 11.6 Å². The smallest absolute Gasteiger partial charge is 0.247 e. The molecule has 1 aromatic rings. The van der Waals surface area contributed by atoms with E-state index in [1.54, 1.807) is 18.2 Å². The molecule has 1 N–H and O–H groups in total. The summed E-state index contributed by atoms with van der Waals surface area (Å²) in [7, 11) is 0. The number of nitrogens with one attached hydrogen (secondary N) is 1. The van der Waals surface area contributed by atoms with Gasteiger partial charge in [0.2, 0.25) is 5.91 Å². The van der Waals surface area contributed by atoms with Crippen LogP contribution in [0.2, 0.25) is 0 Å². The maximum Gasteiger partial charge on any atom is 0.247 e. The first kappa shape index (κ1) is 9.08. The molecule has 0 aliphatic rings. The lowest BCUT2D eigenvalue weighted by molar-refractivity contribution is -0.111. The van der Waals surface area contributed by atoms with Crippen LogP contribution in [0.25, 0.3) is 0 Å². The van der Waals surface area contributed by atoms with Crippen LogP contribution < -0.4 is 5.32 Å². The average molecular weight is 171 g/mol. The van der Waals surface area contributed by atoms with Crippen molar-refractivity contribution in [3.63, 3.8) is 0 Å². The molecule has 0 saturated carbocycles. The largest absolute Gasteiger partial charge is 0.321 e.